The molecule has 1 amide bonds. The summed E-state index contributed by atoms with van der Waals surface area (Å²) in [5.74, 6) is 1.32. The number of thiophene rings is 1. The van der Waals surface area contributed by atoms with Gasteiger partial charge in [-0.1, -0.05) is 6.07 Å². The van der Waals surface area contributed by atoms with Crippen LogP contribution < -0.4 is 9.47 Å². The van der Waals surface area contributed by atoms with E-state index in [2.05, 4.69) is 6.07 Å². The summed E-state index contributed by atoms with van der Waals surface area (Å²) in [4.78, 5) is 16.1. The van der Waals surface area contributed by atoms with Gasteiger partial charge in [-0.15, -0.1) is 11.3 Å². The Morgan fingerprint density at radius 1 is 1.25 bits per heavy atom. The number of ether oxygens (including phenoxy) is 3. The molecule has 0 spiro atoms. The number of carbonyl (C=O) groups excluding carboxylic acids is 1. The summed E-state index contributed by atoms with van der Waals surface area (Å²) >= 11 is 1.66. The van der Waals surface area contributed by atoms with Crippen LogP contribution in [0.25, 0.3) is 0 Å². The predicted molar refractivity (Wildman–Crippen MR) is 90.6 cm³/mol. The molecule has 1 saturated heterocycles. The number of benzene rings is 1. The third kappa shape index (κ3) is 3.25. The number of hydrogen-bond donors (Lipinski definition) is 0. The van der Waals surface area contributed by atoms with E-state index >= 15 is 0 Å². The van der Waals surface area contributed by atoms with Gasteiger partial charge in [-0.2, -0.15) is 0 Å². The third-order valence-electron chi connectivity index (χ3n) is 4.28. The molecule has 126 valence electrons. The lowest BCUT2D eigenvalue weighted by atomic mass is 10.1. The van der Waals surface area contributed by atoms with E-state index in [9.17, 15) is 4.79 Å². The van der Waals surface area contributed by atoms with Crippen molar-refractivity contribution in [1.82, 2.24) is 4.90 Å². The normalized spacial score (nSPS) is 18.8. The first-order chi connectivity index (χ1) is 11.8. The van der Waals surface area contributed by atoms with E-state index in [-0.39, 0.29) is 18.8 Å². The zero-order chi connectivity index (χ0) is 16.4. The highest BCUT2D eigenvalue weighted by molar-refractivity contribution is 7.09. The first-order valence-electron chi connectivity index (χ1n) is 8.12. The quantitative estimate of drug-likeness (QED) is 0.834. The first-order valence-corrected chi connectivity index (χ1v) is 9.00. The molecule has 2 aliphatic rings. The van der Waals surface area contributed by atoms with Crippen molar-refractivity contribution >= 4 is 17.2 Å². The van der Waals surface area contributed by atoms with Crippen LogP contribution in [0.4, 0.5) is 0 Å². The molecule has 0 bridgehead atoms. The molecule has 2 aromatic rings. The SMILES string of the molecule is O=C(c1ccc2c(c1)OCO2)N(Cc1cccs1)C[C@H]1CCCO1. The summed E-state index contributed by atoms with van der Waals surface area (Å²) in [6.07, 6.45) is 2.20. The lowest BCUT2D eigenvalue weighted by Gasteiger charge is -2.25. The van der Waals surface area contributed by atoms with Crippen LogP contribution in [-0.2, 0) is 11.3 Å². The number of fused-ring (bicyclic) bond motifs is 1. The maximum absolute atomic E-state index is 13.0. The minimum atomic E-state index is -0.00259. The van der Waals surface area contributed by atoms with Gasteiger partial charge in [-0.3, -0.25) is 4.79 Å². The summed E-state index contributed by atoms with van der Waals surface area (Å²) in [5, 5.41) is 2.03. The van der Waals surface area contributed by atoms with Gasteiger partial charge in [0.2, 0.25) is 6.79 Å². The van der Waals surface area contributed by atoms with Crippen molar-refractivity contribution < 1.29 is 19.0 Å². The van der Waals surface area contributed by atoms with E-state index in [0.717, 1.165) is 19.4 Å². The molecule has 0 aliphatic carbocycles. The second-order valence-electron chi connectivity index (χ2n) is 5.97. The Morgan fingerprint density at radius 3 is 2.96 bits per heavy atom. The molecule has 1 aromatic carbocycles. The molecule has 24 heavy (non-hydrogen) atoms. The first kappa shape index (κ1) is 15.5. The highest BCUT2D eigenvalue weighted by Crippen LogP contribution is 2.33. The topological polar surface area (TPSA) is 48.0 Å². The van der Waals surface area contributed by atoms with Gasteiger partial charge in [-0.05, 0) is 42.5 Å². The fourth-order valence-corrected chi connectivity index (χ4v) is 3.78. The van der Waals surface area contributed by atoms with Crippen LogP contribution >= 0.6 is 11.3 Å². The van der Waals surface area contributed by atoms with Crippen molar-refractivity contribution in [2.24, 2.45) is 0 Å². The molecule has 1 aromatic heterocycles. The van der Waals surface area contributed by atoms with Gasteiger partial charge < -0.3 is 19.1 Å². The van der Waals surface area contributed by atoms with Crippen molar-refractivity contribution in [2.45, 2.75) is 25.5 Å². The van der Waals surface area contributed by atoms with Crippen LogP contribution in [0.1, 0.15) is 28.1 Å². The zero-order valence-corrected chi connectivity index (χ0v) is 14.1. The summed E-state index contributed by atoms with van der Waals surface area (Å²) in [7, 11) is 0. The van der Waals surface area contributed by atoms with Gasteiger partial charge in [0.1, 0.15) is 0 Å². The Bertz CT molecular complexity index is 710. The summed E-state index contributed by atoms with van der Waals surface area (Å²) in [5.41, 5.74) is 0.619. The Kier molecular flexibility index (Phi) is 4.40. The molecule has 0 saturated carbocycles. The molecule has 1 atom stereocenters. The molecule has 4 rings (SSSR count). The van der Waals surface area contributed by atoms with Crippen molar-refractivity contribution in [1.29, 1.82) is 0 Å². The zero-order valence-electron chi connectivity index (χ0n) is 13.3. The summed E-state index contributed by atoms with van der Waals surface area (Å²) in [6.45, 7) is 2.22. The predicted octanol–water partition coefficient (Wildman–Crippen LogP) is 3.30. The highest BCUT2D eigenvalue weighted by Gasteiger charge is 2.25. The summed E-state index contributed by atoms with van der Waals surface area (Å²) in [6, 6.07) is 9.43. The molecule has 5 nitrogen and oxygen atoms in total. The van der Waals surface area contributed by atoms with E-state index in [1.165, 1.54) is 4.88 Å². The molecule has 1 fully saturated rings. The number of hydrogen-bond acceptors (Lipinski definition) is 5. The van der Waals surface area contributed by atoms with E-state index in [1.807, 2.05) is 16.3 Å². The lowest BCUT2D eigenvalue weighted by molar-refractivity contribution is 0.0509. The number of rotatable bonds is 5. The van der Waals surface area contributed by atoms with Crippen LogP contribution in [0, 0.1) is 0 Å². The Labute approximate surface area is 144 Å². The monoisotopic (exact) mass is 345 g/mol. The minimum Gasteiger partial charge on any atom is -0.454 e. The average molecular weight is 345 g/mol. The molecule has 0 unspecified atom stereocenters. The van der Waals surface area contributed by atoms with Crippen molar-refractivity contribution in [3.8, 4) is 11.5 Å². The van der Waals surface area contributed by atoms with Crippen molar-refractivity contribution in [2.75, 3.05) is 19.9 Å². The van der Waals surface area contributed by atoms with Gasteiger partial charge in [0.15, 0.2) is 11.5 Å². The second kappa shape index (κ2) is 6.83. The largest absolute Gasteiger partial charge is 0.454 e. The number of carbonyl (C=O) groups is 1. The fraction of sp³-hybridized carbons (Fsp3) is 0.389. The Morgan fingerprint density at radius 2 is 2.17 bits per heavy atom. The highest BCUT2D eigenvalue weighted by atomic mass is 32.1. The van der Waals surface area contributed by atoms with Gasteiger partial charge >= 0.3 is 0 Å². The van der Waals surface area contributed by atoms with Crippen LogP contribution in [0.3, 0.4) is 0 Å². The van der Waals surface area contributed by atoms with Crippen LogP contribution in [0.15, 0.2) is 35.7 Å². The molecule has 0 N–H and O–H groups in total. The van der Waals surface area contributed by atoms with E-state index < -0.39 is 0 Å². The molecule has 2 aliphatic heterocycles. The molecule has 0 radical (unpaired) electrons. The standard InChI is InChI=1S/C18H19NO4S/c20-18(13-5-6-16-17(9-13)23-12-22-16)19(10-14-3-1-7-21-14)11-15-4-2-8-24-15/h2,4-6,8-9,14H,1,3,7,10-12H2/t14-/m1/s1. The molecule has 6 heteroatoms. The average Bonchev–Trinajstić information content (AvgIpc) is 3.35. The third-order valence-corrected chi connectivity index (χ3v) is 5.14. The van der Waals surface area contributed by atoms with Crippen LogP contribution in [-0.4, -0.2) is 36.9 Å². The van der Waals surface area contributed by atoms with Crippen molar-refractivity contribution in [3.63, 3.8) is 0 Å². The fourth-order valence-electron chi connectivity index (χ4n) is 3.06. The van der Waals surface area contributed by atoms with E-state index in [4.69, 9.17) is 14.2 Å². The van der Waals surface area contributed by atoms with Gasteiger partial charge in [0.05, 0.1) is 12.6 Å². The Hall–Kier alpha value is -2.05. The lowest BCUT2D eigenvalue weighted by Crippen LogP contribution is -2.36. The summed E-state index contributed by atoms with van der Waals surface area (Å²) < 4.78 is 16.4. The second-order valence-corrected chi connectivity index (χ2v) is 7.00. The molecular formula is C18H19NO4S. The number of amides is 1. The molecular weight excluding hydrogens is 326 g/mol. The van der Waals surface area contributed by atoms with Crippen molar-refractivity contribution in [3.05, 3.63) is 46.2 Å². The minimum absolute atomic E-state index is 0.00259. The molecule has 3 heterocycles. The van der Waals surface area contributed by atoms with E-state index in [1.54, 1.807) is 29.5 Å². The smallest absolute Gasteiger partial charge is 0.254 e. The van der Waals surface area contributed by atoms with Crippen LogP contribution in [0.5, 0.6) is 11.5 Å². The Balaban J connectivity index is 1.55. The van der Waals surface area contributed by atoms with Gasteiger partial charge in [0, 0.05) is 23.6 Å². The maximum Gasteiger partial charge on any atom is 0.254 e. The maximum atomic E-state index is 13.0. The van der Waals surface area contributed by atoms with E-state index in [0.29, 0.717) is 30.2 Å². The van der Waals surface area contributed by atoms with Gasteiger partial charge in [0.25, 0.3) is 5.91 Å². The van der Waals surface area contributed by atoms with Gasteiger partial charge in [-0.25, -0.2) is 0 Å². The van der Waals surface area contributed by atoms with Crippen LogP contribution in [0.2, 0.25) is 0 Å². The number of nitrogens with zero attached hydrogens (tertiary/aromatic N) is 1.